The van der Waals surface area contributed by atoms with Gasteiger partial charge in [-0.2, -0.15) is 0 Å². The van der Waals surface area contributed by atoms with Crippen LogP contribution in [-0.2, 0) is 0 Å². The van der Waals surface area contributed by atoms with Gasteiger partial charge in [-0.1, -0.05) is 131 Å². The molecule has 3 heteroatoms. The minimum absolute atomic E-state index is 1.04. The quantitative estimate of drug-likeness (QED) is 0.183. The highest BCUT2D eigenvalue weighted by atomic mass is 79.9. The molecular weight excluding hydrogens is 588 g/mol. The van der Waals surface area contributed by atoms with E-state index in [1.165, 1.54) is 49.0 Å². The standard InChI is InChI=1S/C20H15N.C10H7Br.C10H9N/c1-14-13-20(21-19-12-5-4-9-16(14)19)18-11-6-8-15-7-2-3-10-17(15)18;11-10-7-3-5-8-4-1-2-6-9(8)10;1-8-6-7-11-10-5-3-2-4-9(8)10/h2-13H,1H3;1-7H;2-7H,1H3. The molecule has 0 aliphatic heterocycles. The first kappa shape index (κ1) is 28.3. The predicted molar refractivity (Wildman–Crippen MR) is 188 cm³/mol. The van der Waals surface area contributed by atoms with Crippen molar-refractivity contribution >= 4 is 59.3 Å². The van der Waals surface area contributed by atoms with E-state index < -0.39 is 0 Å². The minimum atomic E-state index is 1.04. The van der Waals surface area contributed by atoms with Gasteiger partial charge in [-0.05, 0) is 76.9 Å². The third kappa shape index (κ3) is 6.33. The number of fused-ring (bicyclic) bond motifs is 4. The number of nitrogens with zero attached hydrogens (tertiary/aromatic N) is 2. The van der Waals surface area contributed by atoms with Gasteiger partial charge in [0.15, 0.2) is 0 Å². The number of aromatic nitrogens is 2. The van der Waals surface area contributed by atoms with Crippen molar-refractivity contribution in [1.82, 2.24) is 9.97 Å². The Labute approximate surface area is 260 Å². The molecule has 0 saturated carbocycles. The maximum Gasteiger partial charge on any atom is 0.0718 e. The Morgan fingerprint density at radius 2 is 1.00 bits per heavy atom. The van der Waals surface area contributed by atoms with Crippen LogP contribution in [0, 0.1) is 13.8 Å². The Balaban J connectivity index is 0.000000126. The zero-order chi connectivity index (χ0) is 29.6. The van der Waals surface area contributed by atoms with Crippen LogP contribution in [0.15, 0.2) is 156 Å². The van der Waals surface area contributed by atoms with Crippen molar-refractivity contribution in [2.45, 2.75) is 13.8 Å². The van der Waals surface area contributed by atoms with Gasteiger partial charge in [0, 0.05) is 27.0 Å². The van der Waals surface area contributed by atoms with E-state index in [2.05, 4.69) is 138 Å². The summed E-state index contributed by atoms with van der Waals surface area (Å²) in [6, 6.07) is 50.1. The van der Waals surface area contributed by atoms with Gasteiger partial charge in [-0.25, -0.2) is 4.98 Å². The number of pyridine rings is 2. The van der Waals surface area contributed by atoms with Crippen LogP contribution in [-0.4, -0.2) is 9.97 Å². The molecule has 0 saturated heterocycles. The van der Waals surface area contributed by atoms with Gasteiger partial charge < -0.3 is 0 Å². The van der Waals surface area contributed by atoms with E-state index in [4.69, 9.17) is 4.98 Å². The normalized spacial score (nSPS) is 10.7. The zero-order valence-electron chi connectivity index (χ0n) is 24.2. The summed E-state index contributed by atoms with van der Waals surface area (Å²) < 4.78 is 1.16. The maximum atomic E-state index is 4.86. The van der Waals surface area contributed by atoms with Gasteiger partial charge in [-0.15, -0.1) is 0 Å². The van der Waals surface area contributed by atoms with Gasteiger partial charge in [0.2, 0.25) is 0 Å². The van der Waals surface area contributed by atoms with E-state index >= 15 is 0 Å². The van der Waals surface area contributed by atoms with Crippen LogP contribution in [0.2, 0.25) is 0 Å². The van der Waals surface area contributed by atoms with Crippen molar-refractivity contribution < 1.29 is 0 Å². The van der Waals surface area contributed by atoms with Gasteiger partial charge in [0.1, 0.15) is 0 Å². The lowest BCUT2D eigenvalue weighted by molar-refractivity contribution is 1.37. The van der Waals surface area contributed by atoms with E-state index in [9.17, 15) is 0 Å². The van der Waals surface area contributed by atoms with E-state index in [-0.39, 0.29) is 0 Å². The molecule has 0 aliphatic rings. The molecule has 6 aromatic carbocycles. The Bertz CT molecular complexity index is 2090. The third-order valence-corrected chi connectivity index (χ3v) is 8.28. The number of aryl methyl sites for hydroxylation is 2. The third-order valence-electron chi connectivity index (χ3n) is 7.59. The minimum Gasteiger partial charge on any atom is -0.256 e. The second-order valence-corrected chi connectivity index (χ2v) is 11.3. The first-order chi connectivity index (χ1) is 21.1. The van der Waals surface area contributed by atoms with Crippen molar-refractivity contribution in [3.8, 4) is 11.3 Å². The largest absolute Gasteiger partial charge is 0.256 e. The van der Waals surface area contributed by atoms with Crippen molar-refractivity contribution in [1.29, 1.82) is 0 Å². The molecule has 0 bridgehead atoms. The van der Waals surface area contributed by atoms with Crippen molar-refractivity contribution in [2.75, 3.05) is 0 Å². The van der Waals surface area contributed by atoms with Crippen LogP contribution < -0.4 is 0 Å². The SMILES string of the molecule is Brc1cccc2ccccc12.Cc1cc(-c2cccc3ccccc23)nc2ccccc12.Cc1ccnc2ccccc12. The van der Waals surface area contributed by atoms with Crippen LogP contribution in [0.3, 0.4) is 0 Å². The molecule has 0 N–H and O–H groups in total. The fourth-order valence-electron chi connectivity index (χ4n) is 5.36. The Morgan fingerprint density at radius 1 is 0.465 bits per heavy atom. The van der Waals surface area contributed by atoms with Crippen molar-refractivity contribution in [2.24, 2.45) is 0 Å². The van der Waals surface area contributed by atoms with Gasteiger partial charge in [0.05, 0.1) is 16.7 Å². The van der Waals surface area contributed by atoms with E-state index in [1.54, 1.807) is 0 Å². The summed E-state index contributed by atoms with van der Waals surface area (Å²) in [7, 11) is 0. The van der Waals surface area contributed by atoms with Crippen LogP contribution in [0.4, 0.5) is 0 Å². The van der Waals surface area contributed by atoms with Gasteiger partial charge in [0.25, 0.3) is 0 Å². The Morgan fingerprint density at radius 3 is 1.70 bits per heavy atom. The molecule has 8 rings (SSSR count). The topological polar surface area (TPSA) is 25.8 Å². The molecule has 0 spiro atoms. The average molecular weight is 620 g/mol. The molecule has 8 aromatic rings. The molecule has 2 heterocycles. The van der Waals surface area contributed by atoms with Crippen LogP contribution in [0.1, 0.15) is 11.1 Å². The number of benzene rings is 6. The summed E-state index contributed by atoms with van der Waals surface area (Å²) >= 11 is 3.50. The van der Waals surface area contributed by atoms with Gasteiger partial charge in [-0.3, -0.25) is 4.98 Å². The van der Waals surface area contributed by atoms with E-state index in [0.717, 1.165) is 21.2 Å². The number of para-hydroxylation sites is 2. The number of halogens is 1. The number of hydrogen-bond acceptors (Lipinski definition) is 2. The van der Waals surface area contributed by atoms with Gasteiger partial charge >= 0.3 is 0 Å². The summed E-state index contributed by atoms with van der Waals surface area (Å²) in [4.78, 5) is 9.10. The lowest BCUT2D eigenvalue weighted by Crippen LogP contribution is -1.89. The van der Waals surface area contributed by atoms with Crippen molar-refractivity contribution in [3.05, 3.63) is 167 Å². The molecular formula is C40H31BrN2. The highest BCUT2D eigenvalue weighted by Crippen LogP contribution is 2.30. The first-order valence-electron chi connectivity index (χ1n) is 14.4. The Hall–Kier alpha value is -4.86. The molecule has 2 nitrogen and oxygen atoms in total. The highest BCUT2D eigenvalue weighted by Gasteiger charge is 2.07. The van der Waals surface area contributed by atoms with Crippen LogP contribution in [0.25, 0.3) is 54.6 Å². The maximum absolute atomic E-state index is 4.86. The summed E-state index contributed by atoms with van der Waals surface area (Å²) in [6.07, 6.45) is 1.84. The summed E-state index contributed by atoms with van der Waals surface area (Å²) in [5.41, 5.74) is 6.93. The molecule has 2 aromatic heterocycles. The molecule has 0 fully saturated rings. The molecule has 0 aliphatic carbocycles. The van der Waals surface area contributed by atoms with E-state index in [1.807, 2.05) is 48.7 Å². The molecule has 208 valence electrons. The average Bonchev–Trinajstić information content (AvgIpc) is 3.06. The number of hydrogen-bond donors (Lipinski definition) is 0. The molecule has 43 heavy (non-hydrogen) atoms. The first-order valence-corrected chi connectivity index (χ1v) is 15.2. The molecule has 0 amide bonds. The summed E-state index contributed by atoms with van der Waals surface area (Å²) in [5.74, 6) is 0. The number of rotatable bonds is 1. The fourth-order valence-corrected chi connectivity index (χ4v) is 5.87. The summed E-state index contributed by atoms with van der Waals surface area (Å²) in [5, 5.41) is 7.53. The van der Waals surface area contributed by atoms with Crippen LogP contribution >= 0.6 is 15.9 Å². The highest BCUT2D eigenvalue weighted by molar-refractivity contribution is 9.10. The second kappa shape index (κ2) is 13.0. The van der Waals surface area contributed by atoms with E-state index in [0.29, 0.717) is 0 Å². The predicted octanol–water partition coefficient (Wildman–Crippen LogP) is 11.5. The molecule has 0 atom stereocenters. The van der Waals surface area contributed by atoms with Crippen LogP contribution in [0.5, 0.6) is 0 Å². The lowest BCUT2D eigenvalue weighted by Gasteiger charge is -2.09. The second-order valence-electron chi connectivity index (χ2n) is 10.5. The molecule has 0 unspecified atom stereocenters. The Kier molecular flexibility index (Phi) is 8.53. The summed E-state index contributed by atoms with van der Waals surface area (Å²) in [6.45, 7) is 4.25. The van der Waals surface area contributed by atoms with Crippen molar-refractivity contribution in [3.63, 3.8) is 0 Å². The monoisotopic (exact) mass is 618 g/mol. The molecule has 0 radical (unpaired) electrons. The zero-order valence-corrected chi connectivity index (χ0v) is 25.8. The lowest BCUT2D eigenvalue weighted by atomic mass is 9.99. The smallest absolute Gasteiger partial charge is 0.0718 e. The fraction of sp³-hybridized carbons (Fsp3) is 0.0500.